The average Bonchev–Trinajstić information content (AvgIpc) is 2.38. The molecule has 80 valence electrons. The van der Waals surface area contributed by atoms with E-state index in [4.69, 9.17) is 10.5 Å². The summed E-state index contributed by atoms with van der Waals surface area (Å²) in [5.74, 6) is 0.287. The molecule has 1 atom stereocenters. The Morgan fingerprint density at radius 3 is 2.50 bits per heavy atom. The molecule has 0 bridgehead atoms. The summed E-state index contributed by atoms with van der Waals surface area (Å²) in [6, 6.07) is -1.35. The number of aryl methyl sites for hydroxylation is 2. The second kappa shape index (κ2) is 3.91. The van der Waals surface area contributed by atoms with Crippen LogP contribution in [0, 0.1) is 6.92 Å². The molecule has 0 fully saturated rings. The smallest absolute Gasteiger partial charge is 0.257 e. The van der Waals surface area contributed by atoms with Crippen LogP contribution in [-0.2, 0) is 7.05 Å². The SMILES string of the molecule is COc1c(C(N)C(F)F)c(C)nn1C. The minimum absolute atomic E-state index is 0.269. The van der Waals surface area contributed by atoms with Crippen LogP contribution in [0.3, 0.4) is 0 Å². The van der Waals surface area contributed by atoms with Gasteiger partial charge in [0.25, 0.3) is 6.43 Å². The zero-order valence-electron chi connectivity index (χ0n) is 8.29. The minimum Gasteiger partial charge on any atom is -0.481 e. The summed E-state index contributed by atoms with van der Waals surface area (Å²) in [4.78, 5) is 0. The van der Waals surface area contributed by atoms with E-state index in [1.165, 1.54) is 11.8 Å². The summed E-state index contributed by atoms with van der Waals surface area (Å²) in [5, 5.41) is 3.96. The van der Waals surface area contributed by atoms with E-state index in [0.717, 1.165) is 0 Å². The molecule has 0 aliphatic carbocycles. The minimum atomic E-state index is -2.62. The monoisotopic (exact) mass is 205 g/mol. The zero-order valence-corrected chi connectivity index (χ0v) is 8.29. The molecule has 1 heterocycles. The van der Waals surface area contributed by atoms with E-state index in [-0.39, 0.29) is 11.4 Å². The summed E-state index contributed by atoms with van der Waals surface area (Å²) in [7, 11) is 3.02. The number of rotatable bonds is 3. The molecule has 0 amide bonds. The lowest BCUT2D eigenvalue weighted by molar-refractivity contribution is 0.114. The van der Waals surface area contributed by atoms with E-state index in [1.54, 1.807) is 14.0 Å². The number of aromatic nitrogens is 2. The maximum Gasteiger partial charge on any atom is 0.257 e. The highest BCUT2D eigenvalue weighted by Crippen LogP contribution is 2.29. The number of hydrogen-bond acceptors (Lipinski definition) is 3. The largest absolute Gasteiger partial charge is 0.481 e. The molecule has 1 rings (SSSR count). The fourth-order valence-corrected chi connectivity index (χ4v) is 1.41. The Morgan fingerprint density at radius 2 is 2.07 bits per heavy atom. The lowest BCUT2D eigenvalue weighted by Gasteiger charge is -2.11. The van der Waals surface area contributed by atoms with Crippen molar-refractivity contribution in [2.45, 2.75) is 19.4 Å². The van der Waals surface area contributed by atoms with Gasteiger partial charge < -0.3 is 10.5 Å². The van der Waals surface area contributed by atoms with Gasteiger partial charge in [-0.3, -0.25) is 0 Å². The van der Waals surface area contributed by atoms with Crippen LogP contribution in [0.4, 0.5) is 8.78 Å². The zero-order chi connectivity index (χ0) is 10.9. The molecule has 1 aromatic heterocycles. The van der Waals surface area contributed by atoms with Gasteiger partial charge >= 0.3 is 0 Å². The summed E-state index contributed by atoms with van der Waals surface area (Å²) in [5.41, 5.74) is 6.08. The fraction of sp³-hybridized carbons (Fsp3) is 0.625. The molecule has 0 radical (unpaired) electrons. The first-order valence-corrected chi connectivity index (χ1v) is 4.10. The fourth-order valence-electron chi connectivity index (χ4n) is 1.41. The van der Waals surface area contributed by atoms with Crippen molar-refractivity contribution in [2.24, 2.45) is 12.8 Å². The van der Waals surface area contributed by atoms with E-state index in [0.29, 0.717) is 5.69 Å². The van der Waals surface area contributed by atoms with Crippen molar-refractivity contribution in [1.82, 2.24) is 9.78 Å². The second-order valence-electron chi connectivity index (χ2n) is 2.99. The molecule has 1 aromatic rings. The summed E-state index contributed by atoms with van der Waals surface area (Å²) in [6.07, 6.45) is -2.62. The number of halogens is 2. The summed E-state index contributed by atoms with van der Waals surface area (Å²) in [6.45, 7) is 1.63. The molecule has 0 aromatic carbocycles. The van der Waals surface area contributed by atoms with Crippen molar-refractivity contribution in [2.75, 3.05) is 7.11 Å². The Hall–Kier alpha value is -1.17. The molecule has 4 nitrogen and oxygen atoms in total. The van der Waals surface area contributed by atoms with E-state index in [9.17, 15) is 8.78 Å². The van der Waals surface area contributed by atoms with Gasteiger partial charge in [0.15, 0.2) is 0 Å². The Morgan fingerprint density at radius 1 is 1.50 bits per heavy atom. The molecule has 0 saturated carbocycles. The molecule has 14 heavy (non-hydrogen) atoms. The lowest BCUT2D eigenvalue weighted by Crippen LogP contribution is -2.20. The van der Waals surface area contributed by atoms with Crippen LogP contribution in [0.15, 0.2) is 0 Å². The first-order chi connectivity index (χ1) is 6.49. The van der Waals surface area contributed by atoms with Crippen LogP contribution in [-0.4, -0.2) is 23.3 Å². The van der Waals surface area contributed by atoms with E-state index in [1.807, 2.05) is 0 Å². The maximum absolute atomic E-state index is 12.4. The quantitative estimate of drug-likeness (QED) is 0.801. The number of methoxy groups -OCH3 is 1. The van der Waals surface area contributed by atoms with Gasteiger partial charge in [0.05, 0.1) is 24.4 Å². The number of nitrogens with two attached hydrogens (primary N) is 1. The van der Waals surface area contributed by atoms with Crippen LogP contribution in [0.2, 0.25) is 0 Å². The van der Waals surface area contributed by atoms with E-state index < -0.39 is 12.5 Å². The first kappa shape index (κ1) is 10.9. The van der Waals surface area contributed by atoms with Crippen LogP contribution < -0.4 is 10.5 Å². The highest BCUT2D eigenvalue weighted by Gasteiger charge is 2.26. The van der Waals surface area contributed by atoms with Crippen LogP contribution in [0.5, 0.6) is 5.88 Å². The molecule has 0 aliphatic heterocycles. The van der Waals surface area contributed by atoms with Crippen molar-refractivity contribution in [3.63, 3.8) is 0 Å². The number of hydrogen-bond donors (Lipinski definition) is 1. The first-order valence-electron chi connectivity index (χ1n) is 4.10. The van der Waals surface area contributed by atoms with Crippen molar-refractivity contribution in [1.29, 1.82) is 0 Å². The van der Waals surface area contributed by atoms with Gasteiger partial charge in [-0.1, -0.05) is 0 Å². The second-order valence-corrected chi connectivity index (χ2v) is 2.99. The van der Waals surface area contributed by atoms with Gasteiger partial charge in [0.1, 0.15) is 0 Å². The van der Waals surface area contributed by atoms with Gasteiger partial charge in [-0.25, -0.2) is 13.5 Å². The van der Waals surface area contributed by atoms with Crippen LogP contribution >= 0.6 is 0 Å². The van der Waals surface area contributed by atoms with Gasteiger partial charge in [-0.15, -0.1) is 0 Å². The van der Waals surface area contributed by atoms with E-state index >= 15 is 0 Å². The van der Waals surface area contributed by atoms with Gasteiger partial charge in [-0.2, -0.15) is 5.10 Å². The van der Waals surface area contributed by atoms with Gasteiger partial charge in [0, 0.05) is 7.05 Å². The van der Waals surface area contributed by atoms with Crippen molar-refractivity contribution in [3.05, 3.63) is 11.3 Å². The Kier molecular flexibility index (Phi) is 3.05. The normalized spacial score (nSPS) is 13.4. The average molecular weight is 205 g/mol. The number of alkyl halides is 2. The van der Waals surface area contributed by atoms with Crippen molar-refractivity contribution in [3.8, 4) is 5.88 Å². The van der Waals surface area contributed by atoms with Crippen LogP contribution in [0.1, 0.15) is 17.3 Å². The highest BCUT2D eigenvalue weighted by atomic mass is 19.3. The van der Waals surface area contributed by atoms with Crippen molar-refractivity contribution < 1.29 is 13.5 Å². The predicted octanol–water partition coefficient (Wildman–Crippen LogP) is 1.00. The molecule has 2 N–H and O–H groups in total. The molecule has 6 heteroatoms. The summed E-state index contributed by atoms with van der Waals surface area (Å²) < 4.78 is 31.2. The number of nitrogens with zero attached hydrogens (tertiary/aromatic N) is 2. The third kappa shape index (κ3) is 1.70. The van der Waals surface area contributed by atoms with Gasteiger partial charge in [-0.05, 0) is 6.92 Å². The number of ether oxygens (including phenoxy) is 1. The highest BCUT2D eigenvalue weighted by molar-refractivity contribution is 5.34. The topological polar surface area (TPSA) is 53.1 Å². The van der Waals surface area contributed by atoms with Gasteiger partial charge in [0.2, 0.25) is 5.88 Å². The molecule has 0 saturated heterocycles. The molecule has 0 spiro atoms. The maximum atomic E-state index is 12.4. The van der Waals surface area contributed by atoms with Crippen molar-refractivity contribution >= 4 is 0 Å². The Labute approximate surface area is 80.6 Å². The molecule has 0 aliphatic rings. The molecular weight excluding hydrogens is 192 g/mol. The Bertz CT molecular complexity index is 325. The molecular formula is C8H13F2N3O. The summed E-state index contributed by atoms with van der Waals surface area (Å²) >= 11 is 0. The van der Waals surface area contributed by atoms with E-state index in [2.05, 4.69) is 5.10 Å². The lowest BCUT2D eigenvalue weighted by atomic mass is 10.1. The molecule has 1 unspecified atom stereocenters. The Balaban J connectivity index is 3.17. The van der Waals surface area contributed by atoms with Crippen LogP contribution in [0.25, 0.3) is 0 Å². The standard InChI is InChI=1S/C8H13F2N3O/c1-4-5(6(11)7(9)10)8(14-3)13(2)12-4/h6-7H,11H2,1-3H3. The predicted molar refractivity (Wildman–Crippen MR) is 47.4 cm³/mol. The third-order valence-corrected chi connectivity index (χ3v) is 2.01. The third-order valence-electron chi connectivity index (χ3n) is 2.01.